The van der Waals surface area contributed by atoms with Gasteiger partial charge in [0.15, 0.2) is 5.82 Å². The Morgan fingerprint density at radius 2 is 1.81 bits per heavy atom. The highest BCUT2D eigenvalue weighted by Crippen LogP contribution is 2.19. The summed E-state index contributed by atoms with van der Waals surface area (Å²) in [5.41, 5.74) is 4.24. The molecule has 0 aliphatic heterocycles. The minimum absolute atomic E-state index is 0.751. The molecule has 1 aromatic heterocycles. The number of aromatic nitrogens is 2. The van der Waals surface area contributed by atoms with E-state index in [4.69, 9.17) is 0 Å². The lowest BCUT2D eigenvalue weighted by Gasteiger charge is -2.05. The second-order valence-corrected chi connectivity index (χ2v) is 4.40. The lowest BCUT2D eigenvalue weighted by Crippen LogP contribution is -1.93. The zero-order valence-corrected chi connectivity index (χ0v) is 13.4. The van der Waals surface area contributed by atoms with Crippen molar-refractivity contribution in [2.45, 2.75) is 34.1 Å². The second kappa shape index (κ2) is 8.85. The molecule has 0 N–H and O–H groups in total. The molecule has 0 bridgehead atoms. The predicted molar refractivity (Wildman–Crippen MR) is 92.0 cm³/mol. The SMILES string of the molecule is C=C/C(=C\CC)c1ccnc(-c2ccc(C)cc2)n1.CC. The standard InChI is InChI=1S/C17H18N2.C2H6/c1-4-6-14(5-2)16-11-12-18-17(19-16)15-9-7-13(3)8-10-15;1-2/h5-12H,2,4H2,1,3H3;1-2H3/b14-6+;. The molecule has 0 unspecified atom stereocenters. The van der Waals surface area contributed by atoms with Gasteiger partial charge in [-0.3, -0.25) is 0 Å². The van der Waals surface area contributed by atoms with Gasteiger partial charge in [-0.15, -0.1) is 0 Å². The summed E-state index contributed by atoms with van der Waals surface area (Å²) in [6.07, 6.45) is 6.72. The van der Waals surface area contributed by atoms with Gasteiger partial charge < -0.3 is 0 Å². The van der Waals surface area contributed by atoms with E-state index >= 15 is 0 Å². The first-order valence-corrected chi connectivity index (χ1v) is 7.47. The van der Waals surface area contributed by atoms with Crippen LogP contribution in [0.1, 0.15) is 38.4 Å². The van der Waals surface area contributed by atoms with E-state index in [-0.39, 0.29) is 0 Å². The Labute approximate surface area is 128 Å². The third kappa shape index (κ3) is 4.67. The molecule has 0 saturated heterocycles. The molecule has 110 valence electrons. The van der Waals surface area contributed by atoms with Crippen LogP contribution >= 0.6 is 0 Å². The van der Waals surface area contributed by atoms with Gasteiger partial charge in [0.2, 0.25) is 0 Å². The van der Waals surface area contributed by atoms with Crippen molar-refractivity contribution in [1.29, 1.82) is 0 Å². The Hall–Kier alpha value is -2.22. The lowest BCUT2D eigenvalue weighted by atomic mass is 10.1. The fourth-order valence-corrected chi connectivity index (χ4v) is 1.87. The summed E-state index contributed by atoms with van der Waals surface area (Å²) < 4.78 is 0. The number of aryl methyl sites for hydroxylation is 1. The van der Waals surface area contributed by atoms with Gasteiger partial charge in [0.25, 0.3) is 0 Å². The van der Waals surface area contributed by atoms with Crippen molar-refractivity contribution in [2.75, 3.05) is 0 Å². The summed E-state index contributed by atoms with van der Waals surface area (Å²) in [5, 5.41) is 0. The van der Waals surface area contributed by atoms with Crippen molar-refractivity contribution < 1.29 is 0 Å². The summed E-state index contributed by atoms with van der Waals surface area (Å²) in [6, 6.07) is 10.2. The Morgan fingerprint density at radius 3 is 2.38 bits per heavy atom. The molecular formula is C19H24N2. The van der Waals surface area contributed by atoms with Gasteiger partial charge in [0.05, 0.1) is 5.69 Å². The van der Waals surface area contributed by atoms with E-state index in [1.165, 1.54) is 5.56 Å². The minimum Gasteiger partial charge on any atom is -0.237 e. The van der Waals surface area contributed by atoms with Crippen molar-refractivity contribution in [2.24, 2.45) is 0 Å². The first-order chi connectivity index (χ1) is 10.2. The Bertz CT molecular complexity index is 595. The summed E-state index contributed by atoms with van der Waals surface area (Å²) in [5.74, 6) is 0.751. The maximum Gasteiger partial charge on any atom is 0.159 e. The monoisotopic (exact) mass is 280 g/mol. The molecule has 0 saturated carbocycles. The van der Waals surface area contributed by atoms with Crippen LogP contribution in [0.25, 0.3) is 17.0 Å². The zero-order chi connectivity index (χ0) is 15.7. The van der Waals surface area contributed by atoms with Gasteiger partial charge in [-0.25, -0.2) is 9.97 Å². The van der Waals surface area contributed by atoms with Crippen molar-refractivity contribution >= 4 is 5.57 Å². The number of rotatable bonds is 4. The summed E-state index contributed by atoms with van der Waals surface area (Å²) in [7, 11) is 0. The van der Waals surface area contributed by atoms with Crippen molar-refractivity contribution in [1.82, 2.24) is 9.97 Å². The molecule has 0 radical (unpaired) electrons. The zero-order valence-electron chi connectivity index (χ0n) is 13.4. The van der Waals surface area contributed by atoms with E-state index in [0.29, 0.717) is 0 Å². The average Bonchev–Trinajstić information content (AvgIpc) is 2.55. The number of benzene rings is 1. The number of allylic oxidation sites excluding steroid dienone is 3. The molecule has 0 aliphatic rings. The van der Waals surface area contributed by atoms with Crippen LogP contribution < -0.4 is 0 Å². The highest BCUT2D eigenvalue weighted by atomic mass is 14.9. The van der Waals surface area contributed by atoms with Gasteiger partial charge >= 0.3 is 0 Å². The van der Waals surface area contributed by atoms with Crippen LogP contribution in [0, 0.1) is 6.92 Å². The molecule has 0 atom stereocenters. The molecule has 21 heavy (non-hydrogen) atoms. The minimum atomic E-state index is 0.751. The fourth-order valence-electron chi connectivity index (χ4n) is 1.87. The lowest BCUT2D eigenvalue weighted by molar-refractivity contribution is 1.14. The maximum atomic E-state index is 4.61. The number of hydrogen-bond donors (Lipinski definition) is 0. The number of nitrogens with zero attached hydrogens (tertiary/aromatic N) is 2. The van der Waals surface area contributed by atoms with E-state index in [1.54, 1.807) is 6.20 Å². The van der Waals surface area contributed by atoms with Crippen LogP contribution in [0.5, 0.6) is 0 Å². The molecule has 2 heteroatoms. The molecular weight excluding hydrogens is 256 g/mol. The van der Waals surface area contributed by atoms with Gasteiger partial charge in [-0.2, -0.15) is 0 Å². The third-order valence-corrected chi connectivity index (χ3v) is 2.91. The van der Waals surface area contributed by atoms with Gasteiger partial charge in [-0.1, -0.05) is 69.3 Å². The molecule has 0 amide bonds. The Kier molecular flexibility index (Phi) is 7.10. The van der Waals surface area contributed by atoms with Crippen LogP contribution in [0.15, 0.2) is 55.3 Å². The quantitative estimate of drug-likeness (QED) is 0.695. The largest absolute Gasteiger partial charge is 0.237 e. The molecule has 2 nitrogen and oxygen atoms in total. The van der Waals surface area contributed by atoms with E-state index in [1.807, 2.05) is 38.1 Å². The van der Waals surface area contributed by atoms with E-state index in [0.717, 1.165) is 29.1 Å². The van der Waals surface area contributed by atoms with Crippen LogP contribution in [0.4, 0.5) is 0 Å². The molecule has 0 spiro atoms. The first kappa shape index (κ1) is 16.8. The van der Waals surface area contributed by atoms with Crippen LogP contribution in [-0.2, 0) is 0 Å². The highest BCUT2D eigenvalue weighted by Gasteiger charge is 2.04. The molecule has 2 aromatic rings. The van der Waals surface area contributed by atoms with Crippen LogP contribution in [0.2, 0.25) is 0 Å². The summed E-state index contributed by atoms with van der Waals surface area (Å²) in [4.78, 5) is 8.96. The van der Waals surface area contributed by atoms with Crippen molar-refractivity contribution in [3.8, 4) is 11.4 Å². The van der Waals surface area contributed by atoms with E-state index < -0.39 is 0 Å². The van der Waals surface area contributed by atoms with Gasteiger partial charge in [0, 0.05) is 11.8 Å². The summed E-state index contributed by atoms with van der Waals surface area (Å²) in [6.45, 7) is 12.0. The van der Waals surface area contributed by atoms with Crippen molar-refractivity contribution in [3.63, 3.8) is 0 Å². The average molecular weight is 280 g/mol. The normalized spacial score (nSPS) is 10.6. The van der Waals surface area contributed by atoms with Gasteiger partial charge in [-0.05, 0) is 25.0 Å². The predicted octanol–water partition coefficient (Wildman–Crippen LogP) is 5.46. The molecule has 0 fully saturated rings. The van der Waals surface area contributed by atoms with Crippen LogP contribution in [-0.4, -0.2) is 9.97 Å². The fraction of sp³-hybridized carbons (Fsp3) is 0.263. The smallest absolute Gasteiger partial charge is 0.159 e. The Balaban J connectivity index is 0.00000106. The molecule has 2 rings (SSSR count). The number of hydrogen-bond acceptors (Lipinski definition) is 2. The van der Waals surface area contributed by atoms with Crippen molar-refractivity contribution in [3.05, 3.63) is 66.5 Å². The molecule has 1 aromatic carbocycles. The first-order valence-electron chi connectivity index (χ1n) is 7.47. The highest BCUT2D eigenvalue weighted by molar-refractivity contribution is 5.72. The summed E-state index contributed by atoms with van der Waals surface area (Å²) >= 11 is 0. The third-order valence-electron chi connectivity index (χ3n) is 2.91. The molecule has 1 heterocycles. The van der Waals surface area contributed by atoms with E-state index in [2.05, 4.69) is 48.6 Å². The molecule has 0 aliphatic carbocycles. The van der Waals surface area contributed by atoms with E-state index in [9.17, 15) is 0 Å². The maximum absolute atomic E-state index is 4.61. The van der Waals surface area contributed by atoms with Crippen LogP contribution in [0.3, 0.4) is 0 Å². The van der Waals surface area contributed by atoms with Gasteiger partial charge in [0.1, 0.15) is 0 Å². The second-order valence-electron chi connectivity index (χ2n) is 4.40. The Morgan fingerprint density at radius 1 is 1.14 bits per heavy atom. The topological polar surface area (TPSA) is 25.8 Å².